The summed E-state index contributed by atoms with van der Waals surface area (Å²) >= 11 is 1.05. The van der Waals surface area contributed by atoms with Gasteiger partial charge in [-0.25, -0.2) is 13.8 Å². The molecule has 1 aromatic heterocycles. The van der Waals surface area contributed by atoms with E-state index in [0.29, 0.717) is 19.0 Å². The quantitative estimate of drug-likeness (QED) is 0.906. The molecule has 1 aliphatic heterocycles. The smallest absolute Gasteiger partial charge is 0.273 e. The SMILES string of the molecule is O=C(c1csc(-c2c(F)cccc2F)n1)N1C[C@H]2CC[C@@H](O)[C@H]2C1. The van der Waals surface area contributed by atoms with Crippen molar-refractivity contribution in [3.8, 4) is 10.6 Å². The lowest BCUT2D eigenvalue weighted by Gasteiger charge is -2.17. The molecule has 126 valence electrons. The van der Waals surface area contributed by atoms with E-state index in [-0.39, 0.29) is 34.2 Å². The van der Waals surface area contributed by atoms with Gasteiger partial charge in [-0.2, -0.15) is 0 Å². The highest BCUT2D eigenvalue weighted by atomic mass is 32.1. The van der Waals surface area contributed by atoms with Crippen LogP contribution in [-0.4, -0.2) is 40.1 Å². The van der Waals surface area contributed by atoms with Gasteiger partial charge >= 0.3 is 0 Å². The molecule has 1 N–H and O–H groups in total. The zero-order chi connectivity index (χ0) is 16.8. The van der Waals surface area contributed by atoms with Crippen molar-refractivity contribution in [2.45, 2.75) is 18.9 Å². The molecule has 1 saturated heterocycles. The number of likely N-dealkylation sites (tertiary alicyclic amines) is 1. The van der Waals surface area contributed by atoms with E-state index in [4.69, 9.17) is 0 Å². The number of halogens is 2. The molecule has 3 atom stereocenters. The van der Waals surface area contributed by atoms with Gasteiger partial charge in [-0.1, -0.05) is 6.07 Å². The van der Waals surface area contributed by atoms with Crippen LogP contribution in [0.1, 0.15) is 23.3 Å². The lowest BCUT2D eigenvalue weighted by atomic mass is 10.00. The summed E-state index contributed by atoms with van der Waals surface area (Å²) in [5, 5.41) is 11.6. The Kier molecular flexibility index (Phi) is 3.85. The summed E-state index contributed by atoms with van der Waals surface area (Å²) in [4.78, 5) is 18.4. The first-order chi connectivity index (χ1) is 11.5. The van der Waals surface area contributed by atoms with Crippen LogP contribution in [0.2, 0.25) is 0 Å². The number of aliphatic hydroxyl groups excluding tert-OH is 1. The van der Waals surface area contributed by atoms with Gasteiger partial charge in [-0.15, -0.1) is 11.3 Å². The van der Waals surface area contributed by atoms with E-state index >= 15 is 0 Å². The first-order valence-corrected chi connectivity index (χ1v) is 8.80. The van der Waals surface area contributed by atoms with Gasteiger partial charge in [-0.3, -0.25) is 4.79 Å². The number of aromatic nitrogens is 1. The molecule has 2 fully saturated rings. The fourth-order valence-corrected chi connectivity index (χ4v) is 4.59. The van der Waals surface area contributed by atoms with Crippen LogP contribution in [0.15, 0.2) is 23.6 Å². The Morgan fingerprint density at radius 2 is 2.00 bits per heavy atom. The number of aliphatic hydroxyl groups is 1. The summed E-state index contributed by atoms with van der Waals surface area (Å²) < 4.78 is 27.7. The van der Waals surface area contributed by atoms with Crippen LogP contribution < -0.4 is 0 Å². The molecular formula is C17H16F2N2O2S. The Morgan fingerprint density at radius 3 is 2.71 bits per heavy atom. The summed E-state index contributed by atoms with van der Waals surface area (Å²) in [5.41, 5.74) is 0.00220. The predicted molar refractivity (Wildman–Crippen MR) is 85.6 cm³/mol. The third-order valence-corrected chi connectivity index (χ3v) is 5.87. The summed E-state index contributed by atoms with van der Waals surface area (Å²) in [7, 11) is 0. The van der Waals surface area contributed by atoms with Crippen molar-refractivity contribution in [1.29, 1.82) is 0 Å². The molecule has 2 heterocycles. The summed E-state index contributed by atoms with van der Waals surface area (Å²) in [5.74, 6) is -1.15. The maximum absolute atomic E-state index is 13.8. The Balaban J connectivity index is 1.56. The molecule has 0 unspecified atom stereocenters. The third-order valence-electron chi connectivity index (χ3n) is 5.01. The highest BCUT2D eigenvalue weighted by Crippen LogP contribution is 2.38. The first kappa shape index (κ1) is 15.7. The van der Waals surface area contributed by atoms with E-state index < -0.39 is 11.6 Å². The molecule has 0 bridgehead atoms. The number of amides is 1. The van der Waals surface area contributed by atoms with Crippen LogP contribution in [0.3, 0.4) is 0 Å². The van der Waals surface area contributed by atoms with Gasteiger partial charge in [-0.05, 0) is 30.9 Å². The molecule has 0 spiro atoms. The Hall–Kier alpha value is -1.86. The molecule has 7 heteroatoms. The zero-order valence-corrected chi connectivity index (χ0v) is 13.6. The third kappa shape index (κ3) is 2.52. The van der Waals surface area contributed by atoms with Crippen molar-refractivity contribution in [3.63, 3.8) is 0 Å². The second-order valence-electron chi connectivity index (χ2n) is 6.41. The molecule has 2 aliphatic rings. The molecule has 1 saturated carbocycles. The largest absolute Gasteiger partial charge is 0.393 e. The fourth-order valence-electron chi connectivity index (χ4n) is 3.75. The van der Waals surface area contributed by atoms with E-state index in [2.05, 4.69) is 4.98 Å². The Labute approximate surface area is 141 Å². The fraction of sp³-hybridized carbons (Fsp3) is 0.412. The van der Waals surface area contributed by atoms with E-state index in [1.54, 1.807) is 4.90 Å². The van der Waals surface area contributed by atoms with Crippen molar-refractivity contribution >= 4 is 17.2 Å². The average Bonchev–Trinajstić information content (AvgIpc) is 3.25. The van der Waals surface area contributed by atoms with Crippen LogP contribution in [0, 0.1) is 23.5 Å². The first-order valence-electron chi connectivity index (χ1n) is 7.92. The molecule has 0 radical (unpaired) electrons. The minimum Gasteiger partial charge on any atom is -0.393 e. The van der Waals surface area contributed by atoms with Crippen molar-refractivity contribution in [2.24, 2.45) is 11.8 Å². The average molecular weight is 350 g/mol. The second-order valence-corrected chi connectivity index (χ2v) is 7.27. The monoisotopic (exact) mass is 350 g/mol. The standard InChI is InChI=1S/C17H16F2N2O2S/c18-11-2-1-3-12(19)15(11)16-20-13(8-24-16)17(23)21-6-9-4-5-14(22)10(9)7-21/h1-3,8-10,14,22H,4-7H2/t9-,10+,14-/m1/s1. The number of thiazole rings is 1. The van der Waals surface area contributed by atoms with Crippen LogP contribution in [0.5, 0.6) is 0 Å². The second kappa shape index (κ2) is 5.89. The van der Waals surface area contributed by atoms with Gasteiger partial charge in [0.05, 0.1) is 11.7 Å². The molecule has 1 aromatic carbocycles. The van der Waals surface area contributed by atoms with Crippen LogP contribution in [0.25, 0.3) is 10.6 Å². The van der Waals surface area contributed by atoms with Crippen molar-refractivity contribution in [1.82, 2.24) is 9.88 Å². The van der Waals surface area contributed by atoms with Crippen LogP contribution in [0.4, 0.5) is 8.78 Å². The Morgan fingerprint density at radius 1 is 1.25 bits per heavy atom. The number of carbonyl (C=O) groups is 1. The summed E-state index contributed by atoms with van der Waals surface area (Å²) in [6, 6.07) is 3.64. The molecule has 4 rings (SSSR count). The topological polar surface area (TPSA) is 53.4 Å². The van der Waals surface area contributed by atoms with Crippen molar-refractivity contribution < 1.29 is 18.7 Å². The minimum atomic E-state index is -0.692. The highest BCUT2D eigenvalue weighted by molar-refractivity contribution is 7.13. The number of benzene rings is 1. The normalized spacial score (nSPS) is 26.0. The van der Waals surface area contributed by atoms with Crippen LogP contribution in [-0.2, 0) is 0 Å². The van der Waals surface area contributed by atoms with Crippen molar-refractivity contribution in [3.05, 3.63) is 40.9 Å². The van der Waals surface area contributed by atoms with E-state index in [1.807, 2.05) is 0 Å². The molecular weight excluding hydrogens is 334 g/mol. The number of hydrogen-bond donors (Lipinski definition) is 1. The minimum absolute atomic E-state index is 0.135. The van der Waals surface area contributed by atoms with E-state index in [0.717, 1.165) is 24.2 Å². The predicted octanol–water partition coefficient (Wildman–Crippen LogP) is 2.93. The van der Waals surface area contributed by atoms with E-state index in [9.17, 15) is 18.7 Å². The maximum atomic E-state index is 13.8. The number of carbonyl (C=O) groups excluding carboxylic acids is 1. The maximum Gasteiger partial charge on any atom is 0.273 e. The molecule has 24 heavy (non-hydrogen) atoms. The molecule has 1 aliphatic carbocycles. The van der Waals surface area contributed by atoms with Crippen molar-refractivity contribution in [2.75, 3.05) is 13.1 Å². The Bertz CT molecular complexity index is 774. The summed E-state index contributed by atoms with van der Waals surface area (Å²) in [6.07, 6.45) is 1.38. The lowest BCUT2D eigenvalue weighted by Crippen LogP contribution is -2.31. The lowest BCUT2D eigenvalue weighted by molar-refractivity contribution is 0.0747. The van der Waals surface area contributed by atoms with Gasteiger partial charge in [0, 0.05) is 24.4 Å². The van der Waals surface area contributed by atoms with Gasteiger partial charge in [0.2, 0.25) is 0 Å². The zero-order valence-electron chi connectivity index (χ0n) is 12.8. The summed E-state index contributed by atoms with van der Waals surface area (Å²) in [6.45, 7) is 1.13. The number of nitrogens with zero attached hydrogens (tertiary/aromatic N) is 2. The molecule has 4 nitrogen and oxygen atoms in total. The van der Waals surface area contributed by atoms with Gasteiger partial charge in [0.25, 0.3) is 5.91 Å². The van der Waals surface area contributed by atoms with Crippen LogP contribution >= 0.6 is 11.3 Å². The number of fused-ring (bicyclic) bond motifs is 1. The number of rotatable bonds is 2. The van der Waals surface area contributed by atoms with Gasteiger partial charge in [0.1, 0.15) is 22.3 Å². The van der Waals surface area contributed by atoms with Gasteiger partial charge < -0.3 is 10.0 Å². The highest BCUT2D eigenvalue weighted by Gasteiger charge is 2.43. The number of hydrogen-bond acceptors (Lipinski definition) is 4. The molecule has 1 amide bonds. The van der Waals surface area contributed by atoms with Gasteiger partial charge in [0.15, 0.2) is 0 Å². The van der Waals surface area contributed by atoms with E-state index in [1.165, 1.54) is 23.6 Å². The molecule has 2 aromatic rings.